The summed E-state index contributed by atoms with van der Waals surface area (Å²) in [6.45, 7) is 3.84. The lowest BCUT2D eigenvalue weighted by molar-refractivity contribution is -0.117. The smallest absolute Gasteiger partial charge is 0.131 e. The topological polar surface area (TPSA) is 40.5 Å². The largest absolute Gasteiger partial charge is 0.395 e. The Labute approximate surface area is 96.7 Å². The SMILES string of the molecule is CC(=O)CCN(CCO)Cc1ccccc1. The molecule has 0 fully saturated rings. The van der Waals surface area contributed by atoms with Crippen LogP contribution in [0.2, 0.25) is 0 Å². The van der Waals surface area contributed by atoms with Crippen LogP contribution in [0.15, 0.2) is 30.3 Å². The molecule has 0 spiro atoms. The summed E-state index contributed by atoms with van der Waals surface area (Å²) >= 11 is 0. The maximum atomic E-state index is 10.9. The van der Waals surface area contributed by atoms with Crippen molar-refractivity contribution in [2.75, 3.05) is 19.7 Å². The van der Waals surface area contributed by atoms with Crippen LogP contribution in [0, 0.1) is 0 Å². The van der Waals surface area contributed by atoms with Crippen LogP contribution in [0.3, 0.4) is 0 Å². The van der Waals surface area contributed by atoms with Crippen LogP contribution in [0.5, 0.6) is 0 Å². The summed E-state index contributed by atoms with van der Waals surface area (Å²) in [7, 11) is 0. The molecule has 16 heavy (non-hydrogen) atoms. The number of aliphatic hydroxyl groups is 1. The lowest BCUT2D eigenvalue weighted by Crippen LogP contribution is -2.28. The van der Waals surface area contributed by atoms with Gasteiger partial charge in [0.25, 0.3) is 0 Å². The number of Topliss-reactive ketones (excluding diaryl/α,β-unsaturated/α-hetero) is 1. The van der Waals surface area contributed by atoms with Gasteiger partial charge in [-0.3, -0.25) is 9.69 Å². The molecule has 0 radical (unpaired) electrons. The Hall–Kier alpha value is -1.19. The summed E-state index contributed by atoms with van der Waals surface area (Å²) in [6, 6.07) is 10.1. The third-order valence-corrected chi connectivity index (χ3v) is 2.45. The molecule has 0 unspecified atom stereocenters. The Morgan fingerprint density at radius 3 is 2.50 bits per heavy atom. The van der Waals surface area contributed by atoms with Crippen LogP contribution < -0.4 is 0 Å². The third-order valence-electron chi connectivity index (χ3n) is 2.45. The fourth-order valence-corrected chi connectivity index (χ4v) is 1.57. The highest BCUT2D eigenvalue weighted by molar-refractivity contribution is 5.75. The Balaban J connectivity index is 2.47. The number of ketones is 1. The second kappa shape index (κ2) is 7.14. The number of nitrogens with zero attached hydrogens (tertiary/aromatic N) is 1. The van der Waals surface area contributed by atoms with Crippen molar-refractivity contribution >= 4 is 5.78 Å². The van der Waals surface area contributed by atoms with E-state index < -0.39 is 0 Å². The molecule has 0 saturated carbocycles. The number of hydrogen-bond donors (Lipinski definition) is 1. The van der Waals surface area contributed by atoms with Gasteiger partial charge in [0.05, 0.1) is 6.61 Å². The lowest BCUT2D eigenvalue weighted by Gasteiger charge is -2.20. The average Bonchev–Trinajstić information content (AvgIpc) is 2.27. The molecule has 3 nitrogen and oxygen atoms in total. The van der Waals surface area contributed by atoms with E-state index in [0.717, 1.165) is 6.54 Å². The lowest BCUT2D eigenvalue weighted by atomic mass is 10.2. The van der Waals surface area contributed by atoms with Crippen LogP contribution in [-0.4, -0.2) is 35.5 Å². The number of rotatable bonds is 7. The number of carbonyl (C=O) groups is 1. The highest BCUT2D eigenvalue weighted by Crippen LogP contribution is 2.04. The maximum absolute atomic E-state index is 10.9. The quantitative estimate of drug-likeness (QED) is 0.757. The highest BCUT2D eigenvalue weighted by Gasteiger charge is 2.06. The monoisotopic (exact) mass is 221 g/mol. The molecule has 88 valence electrons. The first kappa shape index (κ1) is 12.9. The predicted molar refractivity (Wildman–Crippen MR) is 64.1 cm³/mol. The molecule has 0 bridgehead atoms. The summed E-state index contributed by atoms with van der Waals surface area (Å²) in [6.07, 6.45) is 0.548. The zero-order valence-electron chi connectivity index (χ0n) is 9.72. The van der Waals surface area contributed by atoms with Crippen molar-refractivity contribution in [3.05, 3.63) is 35.9 Å². The van der Waals surface area contributed by atoms with Gasteiger partial charge in [-0.2, -0.15) is 0 Å². The summed E-state index contributed by atoms with van der Waals surface area (Å²) in [4.78, 5) is 13.0. The Bertz CT molecular complexity index is 311. The Morgan fingerprint density at radius 2 is 1.94 bits per heavy atom. The summed E-state index contributed by atoms with van der Waals surface area (Å²) in [5, 5.41) is 8.95. The molecule has 0 amide bonds. The van der Waals surface area contributed by atoms with E-state index in [-0.39, 0.29) is 12.4 Å². The van der Waals surface area contributed by atoms with Crippen molar-refractivity contribution in [3.8, 4) is 0 Å². The van der Waals surface area contributed by atoms with E-state index in [1.165, 1.54) is 5.56 Å². The molecule has 1 N–H and O–H groups in total. The maximum Gasteiger partial charge on any atom is 0.131 e. The second-order valence-electron chi connectivity index (χ2n) is 3.94. The molecular weight excluding hydrogens is 202 g/mol. The van der Waals surface area contributed by atoms with Gasteiger partial charge in [0.1, 0.15) is 5.78 Å². The van der Waals surface area contributed by atoms with E-state index in [4.69, 9.17) is 5.11 Å². The number of aliphatic hydroxyl groups excluding tert-OH is 1. The van der Waals surface area contributed by atoms with E-state index in [9.17, 15) is 4.79 Å². The molecule has 0 heterocycles. The van der Waals surface area contributed by atoms with Crippen LogP contribution in [-0.2, 0) is 11.3 Å². The van der Waals surface area contributed by atoms with E-state index in [1.807, 2.05) is 18.2 Å². The van der Waals surface area contributed by atoms with Crippen LogP contribution in [0.25, 0.3) is 0 Å². The van der Waals surface area contributed by atoms with Gasteiger partial charge in [-0.15, -0.1) is 0 Å². The molecule has 0 saturated heterocycles. The van der Waals surface area contributed by atoms with Crippen molar-refractivity contribution in [2.24, 2.45) is 0 Å². The minimum Gasteiger partial charge on any atom is -0.395 e. The van der Waals surface area contributed by atoms with Gasteiger partial charge in [0.2, 0.25) is 0 Å². The van der Waals surface area contributed by atoms with Gasteiger partial charge >= 0.3 is 0 Å². The highest BCUT2D eigenvalue weighted by atomic mass is 16.3. The van der Waals surface area contributed by atoms with Crippen LogP contribution >= 0.6 is 0 Å². The fraction of sp³-hybridized carbons (Fsp3) is 0.462. The van der Waals surface area contributed by atoms with Gasteiger partial charge in [-0.05, 0) is 12.5 Å². The third kappa shape index (κ3) is 5.05. The standard InChI is InChI=1S/C13H19NO2/c1-12(16)7-8-14(9-10-15)11-13-5-3-2-4-6-13/h2-6,15H,7-11H2,1H3. The first-order valence-corrected chi connectivity index (χ1v) is 5.59. The molecule has 0 aliphatic carbocycles. The fourth-order valence-electron chi connectivity index (χ4n) is 1.57. The molecule has 3 heteroatoms. The minimum absolute atomic E-state index is 0.130. The van der Waals surface area contributed by atoms with E-state index >= 15 is 0 Å². The predicted octanol–water partition coefficient (Wildman–Crippen LogP) is 1.46. The van der Waals surface area contributed by atoms with Crippen molar-refractivity contribution < 1.29 is 9.90 Å². The molecule has 1 rings (SSSR count). The zero-order chi connectivity index (χ0) is 11.8. The summed E-state index contributed by atoms with van der Waals surface area (Å²) in [5.41, 5.74) is 1.21. The van der Waals surface area contributed by atoms with E-state index in [1.54, 1.807) is 6.92 Å². The number of hydrogen-bond acceptors (Lipinski definition) is 3. The first-order valence-electron chi connectivity index (χ1n) is 5.59. The van der Waals surface area contributed by atoms with E-state index in [0.29, 0.717) is 19.5 Å². The van der Waals surface area contributed by atoms with E-state index in [2.05, 4.69) is 17.0 Å². The van der Waals surface area contributed by atoms with Gasteiger partial charge < -0.3 is 5.11 Å². The van der Waals surface area contributed by atoms with Gasteiger partial charge in [0.15, 0.2) is 0 Å². The Kier molecular flexibility index (Phi) is 5.75. The molecule has 0 atom stereocenters. The number of carbonyl (C=O) groups excluding carboxylic acids is 1. The van der Waals surface area contributed by atoms with Crippen molar-refractivity contribution in [1.29, 1.82) is 0 Å². The molecule has 0 aliphatic heterocycles. The Morgan fingerprint density at radius 1 is 1.25 bits per heavy atom. The molecule has 0 aromatic heterocycles. The van der Waals surface area contributed by atoms with Gasteiger partial charge in [0, 0.05) is 26.1 Å². The summed E-state index contributed by atoms with van der Waals surface area (Å²) < 4.78 is 0. The molecular formula is C13H19NO2. The van der Waals surface area contributed by atoms with Crippen molar-refractivity contribution in [3.63, 3.8) is 0 Å². The van der Waals surface area contributed by atoms with Gasteiger partial charge in [-0.1, -0.05) is 30.3 Å². The number of benzene rings is 1. The van der Waals surface area contributed by atoms with Gasteiger partial charge in [-0.25, -0.2) is 0 Å². The zero-order valence-corrected chi connectivity index (χ0v) is 9.72. The van der Waals surface area contributed by atoms with Crippen molar-refractivity contribution in [1.82, 2.24) is 4.90 Å². The molecule has 0 aliphatic rings. The minimum atomic E-state index is 0.130. The molecule has 1 aromatic carbocycles. The van der Waals surface area contributed by atoms with Crippen molar-refractivity contribution in [2.45, 2.75) is 19.9 Å². The molecule has 1 aromatic rings. The second-order valence-corrected chi connectivity index (χ2v) is 3.94. The first-order chi connectivity index (χ1) is 7.72. The average molecular weight is 221 g/mol. The van der Waals surface area contributed by atoms with Crippen LogP contribution in [0.4, 0.5) is 0 Å². The normalized spacial score (nSPS) is 10.7. The van der Waals surface area contributed by atoms with Crippen LogP contribution in [0.1, 0.15) is 18.9 Å². The summed E-state index contributed by atoms with van der Waals surface area (Å²) in [5.74, 6) is 0.191.